The Labute approximate surface area is 114 Å². The van der Waals surface area contributed by atoms with Gasteiger partial charge in [-0.1, -0.05) is 11.8 Å². The molecule has 0 aliphatic carbocycles. The van der Waals surface area contributed by atoms with Crippen LogP contribution in [-0.4, -0.2) is 35.8 Å². The third-order valence-corrected chi connectivity index (χ3v) is 3.50. The van der Waals surface area contributed by atoms with Crippen LogP contribution >= 0.6 is 11.8 Å². The first-order valence-electron chi connectivity index (χ1n) is 5.53. The molecular formula is C11H13N5O2S. The Bertz CT molecular complexity index is 626. The third kappa shape index (κ3) is 2.90. The highest BCUT2D eigenvalue weighted by Crippen LogP contribution is 2.25. The van der Waals surface area contributed by atoms with E-state index >= 15 is 0 Å². The molecular weight excluding hydrogens is 266 g/mol. The highest BCUT2D eigenvalue weighted by Gasteiger charge is 2.18. The van der Waals surface area contributed by atoms with Crippen LogP contribution in [0.1, 0.15) is 27.7 Å². The van der Waals surface area contributed by atoms with Gasteiger partial charge in [-0.05, 0) is 13.8 Å². The van der Waals surface area contributed by atoms with Gasteiger partial charge in [-0.15, -0.1) is 10.2 Å². The molecule has 2 aromatic rings. The summed E-state index contributed by atoms with van der Waals surface area (Å²) in [5.41, 5.74) is 0.623. The summed E-state index contributed by atoms with van der Waals surface area (Å²) in [6, 6.07) is 0. The van der Waals surface area contributed by atoms with Crippen molar-refractivity contribution < 1.29 is 9.90 Å². The van der Waals surface area contributed by atoms with Crippen molar-refractivity contribution in [1.29, 1.82) is 0 Å². The average molecular weight is 279 g/mol. The van der Waals surface area contributed by atoms with Gasteiger partial charge in [0.2, 0.25) is 0 Å². The van der Waals surface area contributed by atoms with E-state index in [4.69, 9.17) is 0 Å². The molecule has 2 heterocycles. The minimum atomic E-state index is -1.02. The Morgan fingerprint density at radius 2 is 2.16 bits per heavy atom. The van der Waals surface area contributed by atoms with Gasteiger partial charge in [0.1, 0.15) is 28.6 Å². The standard InChI is InChI=1S/C11H13N5O2S/c1-6-9(11(17)18)10(14-7(2)13-6)19-4-8-15-12-5-16(8)3/h5H,4H2,1-3H3,(H,17,18). The van der Waals surface area contributed by atoms with Crippen LogP contribution in [0.4, 0.5) is 0 Å². The molecule has 2 rings (SSSR count). The maximum atomic E-state index is 11.3. The molecule has 0 atom stereocenters. The molecule has 1 N–H and O–H groups in total. The summed E-state index contributed by atoms with van der Waals surface area (Å²) in [5.74, 6) is 0.809. The molecule has 0 bridgehead atoms. The normalized spacial score (nSPS) is 10.7. The van der Waals surface area contributed by atoms with Crippen molar-refractivity contribution >= 4 is 17.7 Å². The molecule has 0 saturated heterocycles. The fourth-order valence-corrected chi connectivity index (χ4v) is 2.71. The van der Waals surface area contributed by atoms with E-state index in [2.05, 4.69) is 20.2 Å². The smallest absolute Gasteiger partial charge is 0.340 e. The van der Waals surface area contributed by atoms with Crippen molar-refractivity contribution in [1.82, 2.24) is 24.7 Å². The van der Waals surface area contributed by atoms with Gasteiger partial charge in [0, 0.05) is 7.05 Å². The van der Waals surface area contributed by atoms with Crippen LogP contribution in [0, 0.1) is 13.8 Å². The van der Waals surface area contributed by atoms with Gasteiger partial charge >= 0.3 is 5.97 Å². The largest absolute Gasteiger partial charge is 0.478 e. The lowest BCUT2D eigenvalue weighted by Crippen LogP contribution is -2.08. The molecule has 2 aromatic heterocycles. The summed E-state index contributed by atoms with van der Waals surface area (Å²) in [5, 5.41) is 17.4. The van der Waals surface area contributed by atoms with Crippen LogP contribution in [0.25, 0.3) is 0 Å². The number of hydrogen-bond acceptors (Lipinski definition) is 6. The Morgan fingerprint density at radius 3 is 2.74 bits per heavy atom. The topological polar surface area (TPSA) is 93.8 Å². The van der Waals surface area contributed by atoms with Crippen LogP contribution in [0.15, 0.2) is 11.4 Å². The van der Waals surface area contributed by atoms with E-state index in [1.165, 1.54) is 11.8 Å². The van der Waals surface area contributed by atoms with E-state index in [9.17, 15) is 9.90 Å². The molecule has 7 nitrogen and oxygen atoms in total. The lowest BCUT2D eigenvalue weighted by atomic mass is 10.2. The molecule has 100 valence electrons. The van der Waals surface area contributed by atoms with Crippen LogP contribution in [0.3, 0.4) is 0 Å². The van der Waals surface area contributed by atoms with E-state index in [0.29, 0.717) is 22.3 Å². The summed E-state index contributed by atoms with van der Waals surface area (Å²) in [6.07, 6.45) is 1.60. The molecule has 0 aliphatic heterocycles. The molecule has 0 unspecified atom stereocenters. The van der Waals surface area contributed by atoms with Crippen LogP contribution in [0.5, 0.6) is 0 Å². The van der Waals surface area contributed by atoms with Gasteiger partial charge in [0.25, 0.3) is 0 Å². The molecule has 0 fully saturated rings. The van der Waals surface area contributed by atoms with E-state index in [1.54, 1.807) is 24.7 Å². The van der Waals surface area contributed by atoms with Crippen molar-refractivity contribution in [3.05, 3.63) is 29.2 Å². The predicted molar refractivity (Wildman–Crippen MR) is 69.0 cm³/mol. The van der Waals surface area contributed by atoms with Crippen molar-refractivity contribution in [2.24, 2.45) is 7.05 Å². The molecule has 19 heavy (non-hydrogen) atoms. The first-order chi connectivity index (χ1) is 8.99. The second-order valence-corrected chi connectivity index (χ2v) is 4.95. The van der Waals surface area contributed by atoms with Gasteiger partial charge in [-0.3, -0.25) is 0 Å². The first kappa shape index (κ1) is 13.5. The van der Waals surface area contributed by atoms with E-state index in [0.717, 1.165) is 5.82 Å². The van der Waals surface area contributed by atoms with Crippen molar-refractivity contribution in [2.45, 2.75) is 24.6 Å². The number of carbonyl (C=O) groups is 1. The van der Waals surface area contributed by atoms with Gasteiger partial charge in [0.15, 0.2) is 0 Å². The number of thioether (sulfide) groups is 1. The summed E-state index contributed by atoms with van der Waals surface area (Å²) in [7, 11) is 1.84. The number of nitrogens with zero attached hydrogens (tertiary/aromatic N) is 5. The van der Waals surface area contributed by atoms with Gasteiger partial charge < -0.3 is 9.67 Å². The average Bonchev–Trinajstić information content (AvgIpc) is 2.70. The Balaban J connectivity index is 2.29. The zero-order valence-corrected chi connectivity index (χ0v) is 11.6. The van der Waals surface area contributed by atoms with E-state index < -0.39 is 5.97 Å². The number of aromatic nitrogens is 5. The summed E-state index contributed by atoms with van der Waals surface area (Å²) in [6.45, 7) is 3.41. The van der Waals surface area contributed by atoms with Crippen molar-refractivity contribution in [2.75, 3.05) is 0 Å². The van der Waals surface area contributed by atoms with E-state index in [1.807, 2.05) is 7.05 Å². The molecule has 0 spiro atoms. The number of aromatic carboxylic acids is 1. The summed E-state index contributed by atoms with van der Waals surface area (Å²) >= 11 is 1.32. The predicted octanol–water partition coefficient (Wildman–Crippen LogP) is 1.21. The fraction of sp³-hybridized carbons (Fsp3) is 0.364. The van der Waals surface area contributed by atoms with Gasteiger partial charge in [0.05, 0.1) is 11.4 Å². The number of carboxylic acids is 1. The summed E-state index contributed by atoms with van der Waals surface area (Å²) in [4.78, 5) is 19.5. The SMILES string of the molecule is Cc1nc(C)c(C(=O)O)c(SCc2nncn2C)n1. The fourth-order valence-electron chi connectivity index (χ4n) is 1.60. The Kier molecular flexibility index (Phi) is 3.79. The first-order valence-corrected chi connectivity index (χ1v) is 6.51. The monoisotopic (exact) mass is 279 g/mol. The zero-order chi connectivity index (χ0) is 14.0. The van der Waals surface area contributed by atoms with E-state index in [-0.39, 0.29) is 5.56 Å². The minimum absolute atomic E-state index is 0.151. The lowest BCUT2D eigenvalue weighted by molar-refractivity contribution is 0.0690. The lowest BCUT2D eigenvalue weighted by Gasteiger charge is -2.08. The van der Waals surface area contributed by atoms with Crippen LogP contribution in [0.2, 0.25) is 0 Å². The third-order valence-electron chi connectivity index (χ3n) is 2.53. The molecule has 0 radical (unpaired) electrons. The molecule has 0 aliphatic rings. The second-order valence-electron chi connectivity index (χ2n) is 3.99. The number of rotatable bonds is 4. The Morgan fingerprint density at radius 1 is 1.42 bits per heavy atom. The molecule has 0 amide bonds. The Hall–Kier alpha value is -1.96. The highest BCUT2D eigenvalue weighted by molar-refractivity contribution is 7.98. The van der Waals surface area contributed by atoms with Crippen LogP contribution < -0.4 is 0 Å². The number of carboxylic acid groups (broad SMARTS) is 1. The second kappa shape index (κ2) is 5.35. The minimum Gasteiger partial charge on any atom is -0.478 e. The number of aryl methyl sites for hydroxylation is 3. The van der Waals surface area contributed by atoms with Gasteiger partial charge in [-0.2, -0.15) is 0 Å². The van der Waals surface area contributed by atoms with Crippen molar-refractivity contribution in [3.8, 4) is 0 Å². The highest BCUT2D eigenvalue weighted by atomic mass is 32.2. The molecule has 0 saturated carbocycles. The molecule has 8 heteroatoms. The van der Waals surface area contributed by atoms with Crippen molar-refractivity contribution in [3.63, 3.8) is 0 Å². The van der Waals surface area contributed by atoms with Gasteiger partial charge in [-0.25, -0.2) is 14.8 Å². The summed E-state index contributed by atoms with van der Waals surface area (Å²) < 4.78 is 1.79. The number of hydrogen-bond donors (Lipinski definition) is 1. The molecule has 0 aromatic carbocycles. The zero-order valence-electron chi connectivity index (χ0n) is 10.8. The maximum Gasteiger partial charge on any atom is 0.340 e. The maximum absolute atomic E-state index is 11.3. The van der Waals surface area contributed by atoms with Crippen LogP contribution in [-0.2, 0) is 12.8 Å². The quantitative estimate of drug-likeness (QED) is 0.664.